The van der Waals surface area contributed by atoms with Crippen molar-refractivity contribution in [2.75, 3.05) is 18.5 Å². The maximum Gasteiger partial charge on any atom is 0.348 e. The van der Waals surface area contributed by atoms with Gasteiger partial charge in [0.05, 0.1) is 6.61 Å². The summed E-state index contributed by atoms with van der Waals surface area (Å²) >= 11 is 0. The van der Waals surface area contributed by atoms with Gasteiger partial charge in [-0.05, 0) is 49.2 Å². The summed E-state index contributed by atoms with van der Waals surface area (Å²) in [6.07, 6.45) is 1.44. The number of amides is 1. The minimum atomic E-state index is -0.659. The Bertz CT molecular complexity index is 880. The number of rotatable bonds is 7. The Balaban J connectivity index is 1.94. The summed E-state index contributed by atoms with van der Waals surface area (Å²) in [6, 6.07) is 16.0. The van der Waals surface area contributed by atoms with Gasteiger partial charge in [0, 0.05) is 5.69 Å². The van der Waals surface area contributed by atoms with Crippen molar-refractivity contribution in [2.24, 2.45) is 0 Å². The third-order valence-electron chi connectivity index (χ3n) is 3.60. The van der Waals surface area contributed by atoms with E-state index in [2.05, 4.69) is 5.32 Å². The first-order chi connectivity index (χ1) is 13.0. The number of nitriles is 1. The highest BCUT2D eigenvalue weighted by molar-refractivity contribution is 5.97. The van der Waals surface area contributed by atoms with E-state index in [1.807, 2.05) is 37.3 Å². The predicted octanol–water partition coefficient (Wildman–Crippen LogP) is 3.48. The van der Waals surface area contributed by atoms with Crippen LogP contribution in [0.5, 0.6) is 5.75 Å². The fourth-order valence-corrected chi connectivity index (χ4v) is 2.22. The molecule has 0 radical (unpaired) electrons. The van der Waals surface area contributed by atoms with Crippen LogP contribution in [0.2, 0.25) is 0 Å². The lowest BCUT2D eigenvalue weighted by Gasteiger charge is -2.09. The van der Waals surface area contributed by atoms with Crippen molar-refractivity contribution in [1.29, 1.82) is 5.26 Å². The third kappa shape index (κ3) is 6.01. The molecule has 0 unspecified atom stereocenters. The average Bonchev–Trinajstić information content (AvgIpc) is 2.67. The molecule has 0 saturated carbocycles. The van der Waals surface area contributed by atoms with E-state index in [0.717, 1.165) is 11.3 Å². The van der Waals surface area contributed by atoms with Crippen LogP contribution >= 0.6 is 0 Å². The number of ether oxygens (including phenoxy) is 2. The Hall–Kier alpha value is -3.59. The summed E-state index contributed by atoms with van der Waals surface area (Å²) in [5.74, 6) is -0.419. The number of nitrogens with zero attached hydrogens (tertiary/aromatic N) is 1. The zero-order chi connectivity index (χ0) is 19.6. The highest BCUT2D eigenvalue weighted by Crippen LogP contribution is 2.16. The molecule has 0 atom stereocenters. The van der Waals surface area contributed by atoms with Gasteiger partial charge in [0.2, 0.25) is 0 Å². The Morgan fingerprint density at radius 1 is 1.15 bits per heavy atom. The molecule has 6 nitrogen and oxygen atoms in total. The molecule has 1 amide bonds. The smallest absolute Gasteiger partial charge is 0.348 e. The standard InChI is InChI=1S/C21H20N2O4/c1-3-26-21(25)17(13-22)12-16-8-10-18(11-9-16)27-14-20(24)23-19-7-5-4-6-15(19)2/h4-12H,3,14H2,1-2H3,(H,23,24)/b17-12-. The quantitative estimate of drug-likeness (QED) is 0.462. The fraction of sp³-hybridized carbons (Fsp3) is 0.190. The number of benzene rings is 2. The Kier molecular flexibility index (Phi) is 7.15. The van der Waals surface area contributed by atoms with E-state index < -0.39 is 5.97 Å². The van der Waals surface area contributed by atoms with Crippen molar-refractivity contribution < 1.29 is 19.1 Å². The number of aryl methyl sites for hydroxylation is 1. The molecule has 2 aromatic rings. The van der Waals surface area contributed by atoms with E-state index in [0.29, 0.717) is 11.3 Å². The van der Waals surface area contributed by atoms with Crippen molar-refractivity contribution in [2.45, 2.75) is 13.8 Å². The van der Waals surface area contributed by atoms with Gasteiger partial charge in [-0.15, -0.1) is 0 Å². The lowest BCUT2D eigenvalue weighted by Crippen LogP contribution is -2.20. The van der Waals surface area contributed by atoms with Crippen molar-refractivity contribution in [1.82, 2.24) is 0 Å². The van der Waals surface area contributed by atoms with Gasteiger partial charge < -0.3 is 14.8 Å². The van der Waals surface area contributed by atoms with E-state index in [9.17, 15) is 9.59 Å². The molecule has 6 heteroatoms. The van der Waals surface area contributed by atoms with Crippen molar-refractivity contribution in [3.63, 3.8) is 0 Å². The zero-order valence-corrected chi connectivity index (χ0v) is 15.2. The van der Waals surface area contributed by atoms with Crippen molar-refractivity contribution in [3.8, 4) is 11.8 Å². The number of carbonyl (C=O) groups excluding carboxylic acids is 2. The molecule has 0 spiro atoms. The number of nitrogens with one attached hydrogen (secondary N) is 1. The number of para-hydroxylation sites is 1. The molecule has 1 N–H and O–H groups in total. The lowest BCUT2D eigenvalue weighted by atomic mass is 10.1. The van der Waals surface area contributed by atoms with Gasteiger partial charge in [-0.1, -0.05) is 30.3 Å². The average molecular weight is 364 g/mol. The molecule has 0 aromatic heterocycles. The summed E-state index contributed by atoms with van der Waals surface area (Å²) in [7, 11) is 0. The van der Waals surface area contributed by atoms with Gasteiger partial charge in [0.1, 0.15) is 17.4 Å². The molecule has 0 aliphatic rings. The first-order valence-electron chi connectivity index (χ1n) is 8.40. The van der Waals surface area contributed by atoms with Crippen LogP contribution in [0.1, 0.15) is 18.1 Å². The third-order valence-corrected chi connectivity index (χ3v) is 3.60. The molecule has 2 aromatic carbocycles. The monoisotopic (exact) mass is 364 g/mol. The molecule has 0 aliphatic heterocycles. The van der Waals surface area contributed by atoms with Crippen LogP contribution in [0.15, 0.2) is 54.1 Å². The highest BCUT2D eigenvalue weighted by Gasteiger charge is 2.10. The second-order valence-electron chi connectivity index (χ2n) is 5.61. The van der Waals surface area contributed by atoms with Crippen LogP contribution in [0.25, 0.3) is 6.08 Å². The topological polar surface area (TPSA) is 88.4 Å². The molecule has 27 heavy (non-hydrogen) atoms. The molecular formula is C21H20N2O4. The minimum absolute atomic E-state index is 0.0804. The number of anilines is 1. The Labute approximate surface area is 158 Å². The number of carbonyl (C=O) groups is 2. The van der Waals surface area contributed by atoms with Crippen LogP contribution in [-0.2, 0) is 14.3 Å². The zero-order valence-electron chi connectivity index (χ0n) is 15.2. The molecule has 0 fully saturated rings. The number of esters is 1. The van der Waals surface area contributed by atoms with E-state index in [4.69, 9.17) is 14.7 Å². The van der Waals surface area contributed by atoms with E-state index in [-0.39, 0.29) is 24.7 Å². The van der Waals surface area contributed by atoms with E-state index in [1.165, 1.54) is 6.08 Å². The highest BCUT2D eigenvalue weighted by atomic mass is 16.5. The second-order valence-corrected chi connectivity index (χ2v) is 5.61. The molecule has 2 rings (SSSR count). The Morgan fingerprint density at radius 2 is 1.85 bits per heavy atom. The predicted molar refractivity (Wildman–Crippen MR) is 102 cm³/mol. The minimum Gasteiger partial charge on any atom is -0.484 e. The van der Waals surface area contributed by atoms with Gasteiger partial charge in [0.15, 0.2) is 6.61 Å². The van der Waals surface area contributed by atoms with Crippen LogP contribution in [0, 0.1) is 18.3 Å². The summed E-state index contributed by atoms with van der Waals surface area (Å²) in [4.78, 5) is 23.6. The SMILES string of the molecule is CCOC(=O)/C(C#N)=C\c1ccc(OCC(=O)Nc2ccccc2C)cc1. The van der Waals surface area contributed by atoms with Gasteiger partial charge in [0.25, 0.3) is 5.91 Å². The van der Waals surface area contributed by atoms with Crippen LogP contribution in [0.4, 0.5) is 5.69 Å². The largest absolute Gasteiger partial charge is 0.484 e. The van der Waals surface area contributed by atoms with E-state index >= 15 is 0 Å². The molecule has 0 bridgehead atoms. The van der Waals surface area contributed by atoms with E-state index in [1.54, 1.807) is 31.2 Å². The van der Waals surface area contributed by atoms with Crippen LogP contribution < -0.4 is 10.1 Å². The normalized spacial score (nSPS) is 10.6. The van der Waals surface area contributed by atoms with Crippen molar-refractivity contribution in [3.05, 3.63) is 65.2 Å². The molecule has 138 valence electrons. The van der Waals surface area contributed by atoms with Gasteiger partial charge in [-0.25, -0.2) is 4.79 Å². The molecule has 0 aliphatic carbocycles. The maximum atomic E-state index is 12.0. The summed E-state index contributed by atoms with van der Waals surface area (Å²) in [6.45, 7) is 3.66. The molecular weight excluding hydrogens is 344 g/mol. The van der Waals surface area contributed by atoms with Crippen LogP contribution in [-0.4, -0.2) is 25.1 Å². The summed E-state index contributed by atoms with van der Waals surface area (Å²) < 4.78 is 10.3. The molecule has 0 saturated heterocycles. The van der Waals surface area contributed by atoms with Crippen molar-refractivity contribution >= 4 is 23.6 Å². The maximum absolute atomic E-state index is 12.0. The number of hydrogen-bond donors (Lipinski definition) is 1. The molecule has 0 heterocycles. The number of hydrogen-bond acceptors (Lipinski definition) is 5. The summed E-state index contributed by atoms with van der Waals surface area (Å²) in [5, 5.41) is 11.8. The lowest BCUT2D eigenvalue weighted by molar-refractivity contribution is -0.137. The Morgan fingerprint density at radius 3 is 2.48 bits per heavy atom. The van der Waals surface area contributed by atoms with Gasteiger partial charge in [-0.2, -0.15) is 5.26 Å². The fourth-order valence-electron chi connectivity index (χ4n) is 2.22. The first-order valence-corrected chi connectivity index (χ1v) is 8.40. The second kappa shape index (κ2) is 9.78. The first kappa shape index (κ1) is 19.7. The van der Waals surface area contributed by atoms with Gasteiger partial charge >= 0.3 is 5.97 Å². The van der Waals surface area contributed by atoms with Gasteiger partial charge in [-0.3, -0.25) is 4.79 Å². The summed E-state index contributed by atoms with van der Waals surface area (Å²) in [5.41, 5.74) is 2.28. The van der Waals surface area contributed by atoms with Crippen LogP contribution in [0.3, 0.4) is 0 Å².